The maximum atomic E-state index is 12.2. The first-order valence-electron chi connectivity index (χ1n) is 6.21. The fourth-order valence-electron chi connectivity index (χ4n) is 1.93. The molecule has 0 fully saturated rings. The third kappa shape index (κ3) is 3.13. The molecule has 0 spiro atoms. The Morgan fingerprint density at radius 1 is 1.05 bits per heavy atom. The van der Waals surface area contributed by atoms with E-state index in [1.54, 1.807) is 19.2 Å². The summed E-state index contributed by atoms with van der Waals surface area (Å²) < 4.78 is 5.19. The molecule has 0 saturated carbocycles. The number of methoxy groups -OCH3 is 1. The van der Waals surface area contributed by atoms with Crippen molar-refractivity contribution in [3.05, 3.63) is 65.7 Å². The lowest BCUT2D eigenvalue weighted by Crippen LogP contribution is -2.26. The highest BCUT2D eigenvalue weighted by Gasteiger charge is 2.14. The lowest BCUT2D eigenvalue weighted by molar-refractivity contribution is 0.0937. The summed E-state index contributed by atoms with van der Waals surface area (Å²) in [5, 5.41) is 2.97. The van der Waals surface area contributed by atoms with Crippen molar-refractivity contribution in [1.29, 1.82) is 0 Å². The molecule has 2 rings (SSSR count). The monoisotopic (exact) mass is 255 g/mol. The van der Waals surface area contributed by atoms with E-state index in [4.69, 9.17) is 4.74 Å². The predicted molar refractivity (Wildman–Crippen MR) is 75.3 cm³/mol. The molecule has 3 heteroatoms. The summed E-state index contributed by atoms with van der Waals surface area (Å²) in [5.74, 6) is 0.453. The fraction of sp³-hybridized carbons (Fsp3) is 0.188. The number of benzene rings is 2. The van der Waals surface area contributed by atoms with Gasteiger partial charge in [-0.1, -0.05) is 42.5 Å². The Kier molecular flexibility index (Phi) is 4.18. The summed E-state index contributed by atoms with van der Waals surface area (Å²) in [4.78, 5) is 12.2. The lowest BCUT2D eigenvalue weighted by atomic mass is 10.1. The van der Waals surface area contributed by atoms with Gasteiger partial charge >= 0.3 is 0 Å². The molecule has 19 heavy (non-hydrogen) atoms. The fourth-order valence-corrected chi connectivity index (χ4v) is 1.93. The Morgan fingerprint density at radius 3 is 2.37 bits per heavy atom. The molecule has 0 aromatic heterocycles. The largest absolute Gasteiger partial charge is 0.496 e. The van der Waals surface area contributed by atoms with Gasteiger partial charge in [0.25, 0.3) is 5.91 Å². The van der Waals surface area contributed by atoms with Crippen LogP contribution in [0.5, 0.6) is 5.75 Å². The van der Waals surface area contributed by atoms with Crippen molar-refractivity contribution in [2.45, 2.75) is 13.0 Å². The number of ether oxygens (including phenoxy) is 1. The Hall–Kier alpha value is -2.29. The first-order chi connectivity index (χ1) is 9.22. The molecule has 1 atom stereocenters. The Balaban J connectivity index is 2.13. The maximum absolute atomic E-state index is 12.2. The predicted octanol–water partition coefficient (Wildman–Crippen LogP) is 3.19. The smallest absolute Gasteiger partial charge is 0.255 e. The molecule has 0 bridgehead atoms. The molecule has 0 unspecified atom stereocenters. The van der Waals surface area contributed by atoms with Gasteiger partial charge in [-0.05, 0) is 24.6 Å². The highest BCUT2D eigenvalue weighted by molar-refractivity contribution is 5.97. The van der Waals surface area contributed by atoms with Gasteiger partial charge in [-0.25, -0.2) is 0 Å². The molecule has 0 saturated heterocycles. The number of para-hydroxylation sites is 1. The first kappa shape index (κ1) is 13.1. The van der Waals surface area contributed by atoms with Gasteiger partial charge in [-0.15, -0.1) is 0 Å². The van der Waals surface area contributed by atoms with Crippen LogP contribution in [0.1, 0.15) is 28.9 Å². The van der Waals surface area contributed by atoms with Crippen LogP contribution >= 0.6 is 0 Å². The van der Waals surface area contributed by atoms with E-state index in [1.807, 2.05) is 49.4 Å². The Morgan fingerprint density at radius 2 is 1.68 bits per heavy atom. The summed E-state index contributed by atoms with van der Waals surface area (Å²) in [6.07, 6.45) is 0. The van der Waals surface area contributed by atoms with Crippen LogP contribution in [0.25, 0.3) is 0 Å². The van der Waals surface area contributed by atoms with Gasteiger partial charge in [0.15, 0.2) is 0 Å². The second kappa shape index (κ2) is 6.05. The van der Waals surface area contributed by atoms with Crippen LogP contribution in [0, 0.1) is 0 Å². The summed E-state index contributed by atoms with van der Waals surface area (Å²) in [6, 6.07) is 17.0. The number of carbonyl (C=O) groups is 1. The molecule has 2 aromatic rings. The standard InChI is InChI=1S/C16H17NO2/c1-12(13-8-4-3-5-9-13)17-16(18)14-10-6-7-11-15(14)19-2/h3-12H,1-2H3,(H,17,18)/t12-/m1/s1. The average molecular weight is 255 g/mol. The number of rotatable bonds is 4. The van der Waals surface area contributed by atoms with E-state index < -0.39 is 0 Å². The Labute approximate surface area is 113 Å². The minimum Gasteiger partial charge on any atom is -0.496 e. The third-order valence-electron chi connectivity index (χ3n) is 3.00. The molecule has 1 amide bonds. The van der Waals surface area contributed by atoms with Crippen LogP contribution in [0.2, 0.25) is 0 Å². The topological polar surface area (TPSA) is 38.3 Å². The molecular weight excluding hydrogens is 238 g/mol. The van der Waals surface area contributed by atoms with Gasteiger partial charge in [-0.3, -0.25) is 4.79 Å². The van der Waals surface area contributed by atoms with Crippen molar-refractivity contribution in [3.63, 3.8) is 0 Å². The van der Waals surface area contributed by atoms with Gasteiger partial charge in [-0.2, -0.15) is 0 Å². The molecule has 0 aliphatic carbocycles. The zero-order valence-corrected chi connectivity index (χ0v) is 11.1. The first-order valence-corrected chi connectivity index (χ1v) is 6.21. The number of amides is 1. The van der Waals surface area contributed by atoms with Crippen LogP contribution in [0.4, 0.5) is 0 Å². The second-order valence-corrected chi connectivity index (χ2v) is 4.31. The summed E-state index contributed by atoms with van der Waals surface area (Å²) >= 11 is 0. The molecule has 98 valence electrons. The maximum Gasteiger partial charge on any atom is 0.255 e. The van der Waals surface area contributed by atoms with E-state index in [0.717, 1.165) is 5.56 Å². The van der Waals surface area contributed by atoms with Gasteiger partial charge in [0, 0.05) is 0 Å². The molecule has 0 heterocycles. The van der Waals surface area contributed by atoms with Gasteiger partial charge in [0.2, 0.25) is 0 Å². The number of hydrogen-bond acceptors (Lipinski definition) is 2. The average Bonchev–Trinajstić information content (AvgIpc) is 2.48. The summed E-state index contributed by atoms with van der Waals surface area (Å²) in [7, 11) is 1.56. The van der Waals surface area contributed by atoms with Crippen LogP contribution in [0.15, 0.2) is 54.6 Å². The van der Waals surface area contributed by atoms with Crippen molar-refractivity contribution in [2.24, 2.45) is 0 Å². The van der Waals surface area contributed by atoms with Crippen molar-refractivity contribution in [1.82, 2.24) is 5.32 Å². The van der Waals surface area contributed by atoms with E-state index in [9.17, 15) is 4.79 Å². The summed E-state index contributed by atoms with van der Waals surface area (Å²) in [6.45, 7) is 1.96. The number of nitrogens with one attached hydrogen (secondary N) is 1. The summed E-state index contributed by atoms with van der Waals surface area (Å²) in [5.41, 5.74) is 1.62. The molecule has 0 aliphatic rings. The molecular formula is C16H17NO2. The number of carbonyl (C=O) groups excluding carboxylic acids is 1. The quantitative estimate of drug-likeness (QED) is 0.911. The van der Waals surface area contributed by atoms with E-state index in [0.29, 0.717) is 11.3 Å². The third-order valence-corrected chi connectivity index (χ3v) is 3.00. The van der Waals surface area contributed by atoms with Crippen molar-refractivity contribution in [2.75, 3.05) is 7.11 Å². The molecule has 0 radical (unpaired) electrons. The van der Waals surface area contributed by atoms with Crippen LogP contribution in [-0.2, 0) is 0 Å². The molecule has 0 aliphatic heterocycles. The number of hydrogen-bond donors (Lipinski definition) is 1. The van der Waals surface area contributed by atoms with Crippen molar-refractivity contribution >= 4 is 5.91 Å². The van der Waals surface area contributed by atoms with Gasteiger partial charge in [0.05, 0.1) is 18.7 Å². The zero-order valence-electron chi connectivity index (χ0n) is 11.1. The van der Waals surface area contributed by atoms with E-state index in [2.05, 4.69) is 5.32 Å². The van der Waals surface area contributed by atoms with Gasteiger partial charge < -0.3 is 10.1 Å². The van der Waals surface area contributed by atoms with Crippen LogP contribution in [-0.4, -0.2) is 13.0 Å². The molecule has 2 aromatic carbocycles. The van der Waals surface area contributed by atoms with Crippen LogP contribution < -0.4 is 10.1 Å². The van der Waals surface area contributed by atoms with E-state index in [1.165, 1.54) is 0 Å². The van der Waals surface area contributed by atoms with E-state index >= 15 is 0 Å². The normalized spacial score (nSPS) is 11.7. The Bertz CT molecular complexity index is 552. The highest BCUT2D eigenvalue weighted by atomic mass is 16.5. The molecule has 1 N–H and O–H groups in total. The van der Waals surface area contributed by atoms with E-state index in [-0.39, 0.29) is 11.9 Å². The minimum atomic E-state index is -0.131. The van der Waals surface area contributed by atoms with Crippen LogP contribution in [0.3, 0.4) is 0 Å². The zero-order chi connectivity index (χ0) is 13.7. The lowest BCUT2D eigenvalue weighted by Gasteiger charge is -2.15. The van der Waals surface area contributed by atoms with Crippen molar-refractivity contribution in [3.8, 4) is 5.75 Å². The highest BCUT2D eigenvalue weighted by Crippen LogP contribution is 2.19. The van der Waals surface area contributed by atoms with Crippen molar-refractivity contribution < 1.29 is 9.53 Å². The minimum absolute atomic E-state index is 0.0430. The molecule has 3 nitrogen and oxygen atoms in total. The SMILES string of the molecule is COc1ccccc1C(=O)N[C@H](C)c1ccccc1. The second-order valence-electron chi connectivity index (χ2n) is 4.31. The van der Waals surface area contributed by atoms with Gasteiger partial charge in [0.1, 0.15) is 5.75 Å².